The van der Waals surface area contributed by atoms with Crippen LogP contribution in [0, 0.1) is 5.82 Å². The van der Waals surface area contributed by atoms with E-state index in [1.54, 1.807) is 12.1 Å². The van der Waals surface area contributed by atoms with Crippen LogP contribution in [0.2, 0.25) is 5.02 Å². The number of hydrogen-bond donors (Lipinski definition) is 1. The van der Waals surface area contributed by atoms with Crippen molar-refractivity contribution >= 4 is 27.5 Å². The summed E-state index contributed by atoms with van der Waals surface area (Å²) in [6.45, 7) is 1.84. The van der Waals surface area contributed by atoms with Gasteiger partial charge in [0.25, 0.3) is 0 Å². The lowest BCUT2D eigenvalue weighted by atomic mass is 10.1. The van der Waals surface area contributed by atoms with Crippen molar-refractivity contribution in [3.8, 4) is 11.5 Å². The first kappa shape index (κ1) is 14.3. The summed E-state index contributed by atoms with van der Waals surface area (Å²) >= 11 is 9.09. The van der Waals surface area contributed by atoms with Crippen LogP contribution in [-0.4, -0.2) is 0 Å². The fraction of sp³-hybridized carbons (Fsp3) is 0.143. The van der Waals surface area contributed by atoms with Crippen molar-refractivity contribution in [3.63, 3.8) is 0 Å². The number of benzene rings is 2. The van der Waals surface area contributed by atoms with Gasteiger partial charge >= 0.3 is 0 Å². The molecule has 0 saturated carbocycles. The lowest BCUT2D eigenvalue weighted by Crippen LogP contribution is -2.07. The zero-order valence-electron chi connectivity index (χ0n) is 10.2. The van der Waals surface area contributed by atoms with Gasteiger partial charge in [0.15, 0.2) is 11.6 Å². The van der Waals surface area contributed by atoms with Crippen LogP contribution in [-0.2, 0) is 0 Å². The van der Waals surface area contributed by atoms with Gasteiger partial charge in [0.05, 0.1) is 5.02 Å². The average Bonchev–Trinajstić information content (AvgIpc) is 2.36. The lowest BCUT2D eigenvalue weighted by molar-refractivity contribution is 0.435. The zero-order chi connectivity index (χ0) is 14.0. The molecule has 1 unspecified atom stereocenters. The van der Waals surface area contributed by atoms with Gasteiger partial charge in [0.2, 0.25) is 0 Å². The van der Waals surface area contributed by atoms with E-state index in [9.17, 15) is 4.39 Å². The molecule has 2 aromatic rings. The second kappa shape index (κ2) is 5.90. The normalized spacial score (nSPS) is 12.3. The third-order valence-corrected chi connectivity index (χ3v) is 3.38. The first-order chi connectivity index (χ1) is 8.99. The summed E-state index contributed by atoms with van der Waals surface area (Å²) in [5.74, 6) is 0.0128. The Kier molecular flexibility index (Phi) is 4.45. The van der Waals surface area contributed by atoms with E-state index in [0.717, 1.165) is 10.0 Å². The van der Waals surface area contributed by atoms with Crippen molar-refractivity contribution in [3.05, 3.63) is 57.3 Å². The van der Waals surface area contributed by atoms with E-state index in [1.807, 2.05) is 19.1 Å². The number of rotatable bonds is 3. The van der Waals surface area contributed by atoms with E-state index in [4.69, 9.17) is 22.1 Å². The van der Waals surface area contributed by atoms with Crippen molar-refractivity contribution < 1.29 is 9.13 Å². The zero-order valence-corrected chi connectivity index (χ0v) is 12.5. The Morgan fingerprint density at radius 1 is 1.26 bits per heavy atom. The first-order valence-corrected chi connectivity index (χ1v) is 6.83. The van der Waals surface area contributed by atoms with Crippen molar-refractivity contribution in [1.82, 2.24) is 0 Å². The minimum atomic E-state index is -0.581. The molecule has 100 valence electrons. The Balaban J connectivity index is 2.41. The van der Waals surface area contributed by atoms with Crippen LogP contribution in [0.4, 0.5) is 4.39 Å². The fourth-order valence-electron chi connectivity index (χ4n) is 1.65. The largest absolute Gasteiger partial charge is 0.454 e. The molecule has 0 fully saturated rings. The minimum absolute atomic E-state index is 0.0250. The van der Waals surface area contributed by atoms with Crippen molar-refractivity contribution in [1.29, 1.82) is 0 Å². The van der Waals surface area contributed by atoms with Crippen LogP contribution < -0.4 is 10.5 Å². The molecule has 2 N–H and O–H groups in total. The van der Waals surface area contributed by atoms with Gasteiger partial charge in [-0.15, -0.1) is 0 Å². The van der Waals surface area contributed by atoms with Gasteiger partial charge in [0.1, 0.15) is 5.75 Å². The molecular formula is C14H12BrClFNO. The van der Waals surface area contributed by atoms with Gasteiger partial charge in [-0.2, -0.15) is 0 Å². The number of ether oxygens (including phenoxy) is 1. The van der Waals surface area contributed by atoms with E-state index in [1.165, 1.54) is 12.1 Å². The Labute approximate surface area is 124 Å². The molecule has 0 heterocycles. The van der Waals surface area contributed by atoms with Crippen molar-refractivity contribution in [2.75, 3.05) is 0 Å². The molecule has 0 bridgehead atoms. The van der Waals surface area contributed by atoms with E-state index in [0.29, 0.717) is 5.75 Å². The third kappa shape index (κ3) is 3.26. The molecule has 0 spiro atoms. The standard InChI is InChI=1S/C14H12BrClFNO/c1-8(18)10-7-9(15)5-6-12(10)19-13-4-2-3-11(16)14(13)17/h2-8H,18H2,1H3. The molecule has 1 atom stereocenters. The van der Waals surface area contributed by atoms with Crippen molar-refractivity contribution in [2.45, 2.75) is 13.0 Å². The smallest absolute Gasteiger partial charge is 0.184 e. The van der Waals surface area contributed by atoms with Gasteiger partial charge in [-0.1, -0.05) is 33.6 Å². The van der Waals surface area contributed by atoms with Crippen molar-refractivity contribution in [2.24, 2.45) is 5.73 Å². The number of halogens is 3. The molecule has 0 aliphatic rings. The maximum absolute atomic E-state index is 13.8. The van der Waals surface area contributed by atoms with Crippen LogP contribution in [0.25, 0.3) is 0 Å². The molecule has 0 aliphatic carbocycles. The van der Waals surface area contributed by atoms with Crippen LogP contribution >= 0.6 is 27.5 Å². The summed E-state index contributed by atoms with van der Waals surface area (Å²) in [6.07, 6.45) is 0. The summed E-state index contributed by atoms with van der Waals surface area (Å²) in [5.41, 5.74) is 6.67. The number of hydrogen-bond acceptors (Lipinski definition) is 2. The predicted molar refractivity (Wildman–Crippen MR) is 78.2 cm³/mol. The summed E-state index contributed by atoms with van der Waals surface area (Å²) in [4.78, 5) is 0. The maximum atomic E-state index is 13.8. The molecule has 0 amide bonds. The van der Waals surface area contributed by atoms with Crippen LogP contribution in [0.1, 0.15) is 18.5 Å². The molecule has 0 aliphatic heterocycles. The predicted octanol–water partition coefficient (Wildman–Crippen LogP) is 5.05. The van der Waals surface area contributed by atoms with E-state index in [2.05, 4.69) is 15.9 Å². The molecule has 2 rings (SSSR count). The Morgan fingerprint density at radius 3 is 2.68 bits per heavy atom. The Morgan fingerprint density at radius 2 is 2.00 bits per heavy atom. The highest BCUT2D eigenvalue weighted by Crippen LogP contribution is 2.33. The Bertz CT molecular complexity index is 604. The third-order valence-electron chi connectivity index (χ3n) is 2.60. The molecule has 0 saturated heterocycles. The molecule has 5 heteroatoms. The van der Waals surface area contributed by atoms with Gasteiger partial charge < -0.3 is 10.5 Å². The highest BCUT2D eigenvalue weighted by atomic mass is 79.9. The highest BCUT2D eigenvalue weighted by Gasteiger charge is 2.13. The molecule has 19 heavy (non-hydrogen) atoms. The van der Waals surface area contributed by atoms with E-state index < -0.39 is 5.82 Å². The average molecular weight is 345 g/mol. The van der Waals surface area contributed by atoms with E-state index >= 15 is 0 Å². The number of nitrogens with two attached hydrogens (primary N) is 1. The first-order valence-electron chi connectivity index (χ1n) is 5.66. The van der Waals surface area contributed by atoms with Gasteiger partial charge in [-0.3, -0.25) is 0 Å². The Hall–Kier alpha value is -1.10. The highest BCUT2D eigenvalue weighted by molar-refractivity contribution is 9.10. The second-order valence-corrected chi connectivity index (χ2v) is 5.45. The maximum Gasteiger partial charge on any atom is 0.184 e. The monoisotopic (exact) mass is 343 g/mol. The molecule has 2 nitrogen and oxygen atoms in total. The minimum Gasteiger partial charge on any atom is -0.454 e. The summed E-state index contributed by atoms with van der Waals surface area (Å²) < 4.78 is 20.3. The quantitative estimate of drug-likeness (QED) is 0.845. The van der Waals surface area contributed by atoms with Crippen LogP contribution in [0.15, 0.2) is 40.9 Å². The molecule has 2 aromatic carbocycles. The molecular weight excluding hydrogens is 333 g/mol. The summed E-state index contributed by atoms with van der Waals surface area (Å²) in [6, 6.07) is 9.79. The summed E-state index contributed by atoms with van der Waals surface area (Å²) in [5, 5.41) is 0.0250. The van der Waals surface area contributed by atoms with Crippen LogP contribution in [0.3, 0.4) is 0 Å². The van der Waals surface area contributed by atoms with Gasteiger partial charge in [-0.25, -0.2) is 4.39 Å². The SMILES string of the molecule is CC(N)c1cc(Br)ccc1Oc1cccc(Cl)c1F. The fourth-order valence-corrected chi connectivity index (χ4v) is 2.19. The lowest BCUT2D eigenvalue weighted by Gasteiger charge is -2.14. The molecule has 0 aromatic heterocycles. The second-order valence-electron chi connectivity index (χ2n) is 4.12. The van der Waals surface area contributed by atoms with Crippen LogP contribution in [0.5, 0.6) is 11.5 Å². The van der Waals surface area contributed by atoms with E-state index in [-0.39, 0.29) is 16.8 Å². The summed E-state index contributed by atoms with van der Waals surface area (Å²) in [7, 11) is 0. The van der Waals surface area contributed by atoms with Gasteiger partial charge in [0, 0.05) is 16.1 Å². The molecule has 0 radical (unpaired) electrons. The topological polar surface area (TPSA) is 35.2 Å². The van der Waals surface area contributed by atoms with Gasteiger partial charge in [-0.05, 0) is 37.3 Å².